The maximum absolute atomic E-state index is 12.0. The molecule has 1 aliphatic carbocycles. The van der Waals surface area contributed by atoms with Crippen molar-refractivity contribution in [3.05, 3.63) is 0 Å². The average molecular weight is 292 g/mol. The van der Waals surface area contributed by atoms with Gasteiger partial charge in [-0.05, 0) is 46.5 Å². The van der Waals surface area contributed by atoms with Crippen LogP contribution < -0.4 is 0 Å². The van der Waals surface area contributed by atoms with E-state index in [2.05, 4.69) is 15.9 Å². The van der Waals surface area contributed by atoms with E-state index in [9.17, 15) is 4.79 Å². The van der Waals surface area contributed by atoms with Gasteiger partial charge in [-0.1, -0.05) is 15.9 Å². The average Bonchev–Trinajstić information content (AvgIpc) is 2.05. The lowest BCUT2D eigenvalue weighted by Gasteiger charge is -2.38. The number of halogens is 1. The van der Waals surface area contributed by atoms with Crippen molar-refractivity contribution in [3.8, 4) is 0 Å². The summed E-state index contributed by atoms with van der Waals surface area (Å²) in [7, 11) is 0. The fraction of sp³-hybridized carbons (Fsp3) is 0.917. The molecule has 0 N–H and O–H groups in total. The number of rotatable bonds is 4. The van der Waals surface area contributed by atoms with Crippen LogP contribution >= 0.6 is 15.9 Å². The Labute approximate surface area is 107 Å². The maximum atomic E-state index is 12.0. The Morgan fingerprint density at radius 2 is 2.06 bits per heavy atom. The van der Waals surface area contributed by atoms with Crippen LogP contribution in [0.25, 0.3) is 0 Å². The molecule has 1 rings (SSSR count). The molecule has 0 aromatic heterocycles. The second-order valence-corrected chi connectivity index (χ2v) is 6.09. The zero-order chi connectivity index (χ0) is 12.2. The second kappa shape index (κ2) is 5.89. The molecule has 94 valence electrons. The first-order valence-corrected chi connectivity index (χ1v) is 7.12. The molecule has 0 spiro atoms. The summed E-state index contributed by atoms with van der Waals surface area (Å²) in [6.45, 7) is 6.53. The van der Waals surface area contributed by atoms with E-state index in [1.165, 1.54) is 6.42 Å². The van der Waals surface area contributed by atoms with Gasteiger partial charge < -0.3 is 9.64 Å². The Morgan fingerprint density at radius 1 is 1.44 bits per heavy atom. The number of amides is 1. The molecule has 1 fully saturated rings. The van der Waals surface area contributed by atoms with Gasteiger partial charge in [0.15, 0.2) is 0 Å². The van der Waals surface area contributed by atoms with Gasteiger partial charge in [-0.2, -0.15) is 0 Å². The molecule has 0 bridgehead atoms. The number of carbonyl (C=O) groups excluding carboxylic acids is 1. The van der Waals surface area contributed by atoms with Gasteiger partial charge in [0.1, 0.15) is 5.60 Å². The third-order valence-electron chi connectivity index (χ3n) is 2.68. The fourth-order valence-electron chi connectivity index (χ4n) is 1.67. The molecule has 0 saturated heterocycles. The zero-order valence-corrected chi connectivity index (χ0v) is 12.0. The summed E-state index contributed by atoms with van der Waals surface area (Å²) in [5.41, 5.74) is -0.395. The minimum atomic E-state index is -0.395. The smallest absolute Gasteiger partial charge is 0.410 e. The van der Waals surface area contributed by atoms with E-state index < -0.39 is 5.60 Å². The summed E-state index contributed by atoms with van der Waals surface area (Å²) >= 11 is 3.40. The van der Waals surface area contributed by atoms with Crippen molar-refractivity contribution in [2.75, 3.05) is 11.9 Å². The first-order valence-electron chi connectivity index (χ1n) is 5.99. The predicted octanol–water partition coefficient (Wildman–Crippen LogP) is 3.56. The van der Waals surface area contributed by atoms with Gasteiger partial charge in [-0.3, -0.25) is 0 Å². The number of carbonyl (C=O) groups is 1. The highest BCUT2D eigenvalue weighted by Gasteiger charge is 2.31. The Hall–Kier alpha value is -0.250. The lowest BCUT2D eigenvalue weighted by Crippen LogP contribution is -2.47. The lowest BCUT2D eigenvalue weighted by atomic mass is 9.91. The summed E-state index contributed by atoms with van der Waals surface area (Å²) in [4.78, 5) is 13.9. The van der Waals surface area contributed by atoms with Crippen LogP contribution in [-0.2, 0) is 4.74 Å². The first-order chi connectivity index (χ1) is 7.44. The number of alkyl halides is 1. The summed E-state index contributed by atoms with van der Waals surface area (Å²) in [6, 6.07) is 0.411. The van der Waals surface area contributed by atoms with Gasteiger partial charge in [0.05, 0.1) is 0 Å². The van der Waals surface area contributed by atoms with Gasteiger partial charge in [0.2, 0.25) is 0 Å². The molecule has 1 saturated carbocycles. The maximum Gasteiger partial charge on any atom is 0.410 e. The monoisotopic (exact) mass is 291 g/mol. The summed E-state index contributed by atoms with van der Waals surface area (Å²) in [5.74, 6) is 0. The summed E-state index contributed by atoms with van der Waals surface area (Å²) in [5, 5.41) is 0.930. The Bertz CT molecular complexity index is 234. The molecule has 4 heteroatoms. The Morgan fingerprint density at radius 3 is 2.44 bits per heavy atom. The van der Waals surface area contributed by atoms with Crippen molar-refractivity contribution < 1.29 is 9.53 Å². The molecule has 0 aliphatic heterocycles. The predicted molar refractivity (Wildman–Crippen MR) is 69.0 cm³/mol. The Balaban J connectivity index is 2.50. The van der Waals surface area contributed by atoms with Crippen molar-refractivity contribution >= 4 is 22.0 Å². The first kappa shape index (κ1) is 13.8. The second-order valence-electron chi connectivity index (χ2n) is 5.30. The van der Waals surface area contributed by atoms with Crippen molar-refractivity contribution in [3.63, 3.8) is 0 Å². The van der Waals surface area contributed by atoms with Crippen LogP contribution in [0.3, 0.4) is 0 Å². The SMILES string of the molecule is CC(C)(C)OC(=O)N(CCCBr)C1CCC1. The third kappa shape index (κ3) is 4.32. The molecule has 0 unspecified atom stereocenters. The quantitative estimate of drug-likeness (QED) is 0.741. The van der Waals surface area contributed by atoms with E-state index in [4.69, 9.17) is 4.74 Å². The number of ether oxygens (including phenoxy) is 1. The minimum absolute atomic E-state index is 0.154. The van der Waals surface area contributed by atoms with Crippen LogP contribution in [0.15, 0.2) is 0 Å². The van der Waals surface area contributed by atoms with E-state index in [1.54, 1.807) is 0 Å². The highest BCUT2D eigenvalue weighted by Crippen LogP contribution is 2.26. The van der Waals surface area contributed by atoms with Gasteiger partial charge in [0.25, 0.3) is 0 Å². The van der Waals surface area contributed by atoms with Crippen molar-refractivity contribution in [1.82, 2.24) is 4.90 Å². The number of hydrogen-bond acceptors (Lipinski definition) is 2. The highest BCUT2D eigenvalue weighted by atomic mass is 79.9. The van der Waals surface area contributed by atoms with E-state index in [0.29, 0.717) is 6.04 Å². The van der Waals surface area contributed by atoms with Gasteiger partial charge in [-0.25, -0.2) is 4.79 Å². The highest BCUT2D eigenvalue weighted by molar-refractivity contribution is 9.09. The van der Waals surface area contributed by atoms with Gasteiger partial charge in [-0.15, -0.1) is 0 Å². The molecule has 0 aromatic carbocycles. The molecule has 1 aliphatic rings. The van der Waals surface area contributed by atoms with Crippen LogP contribution in [0.4, 0.5) is 4.79 Å². The molecular weight excluding hydrogens is 270 g/mol. The van der Waals surface area contributed by atoms with Crippen LogP contribution in [-0.4, -0.2) is 34.5 Å². The molecule has 0 heterocycles. The third-order valence-corrected chi connectivity index (χ3v) is 3.24. The molecule has 16 heavy (non-hydrogen) atoms. The van der Waals surface area contributed by atoms with Gasteiger partial charge >= 0.3 is 6.09 Å². The number of nitrogens with zero attached hydrogens (tertiary/aromatic N) is 1. The van der Waals surface area contributed by atoms with E-state index in [1.807, 2.05) is 25.7 Å². The topological polar surface area (TPSA) is 29.5 Å². The molecule has 1 amide bonds. The summed E-state index contributed by atoms with van der Waals surface area (Å²) < 4.78 is 5.43. The largest absolute Gasteiger partial charge is 0.444 e. The molecule has 0 atom stereocenters. The normalized spacial score (nSPS) is 16.8. The van der Waals surface area contributed by atoms with E-state index >= 15 is 0 Å². The lowest BCUT2D eigenvalue weighted by molar-refractivity contribution is 0.00724. The standard InChI is InChI=1S/C12H22BrNO2/c1-12(2,3)16-11(15)14(9-5-8-13)10-6-4-7-10/h10H,4-9H2,1-3H3. The van der Waals surface area contributed by atoms with Crippen LogP contribution in [0.2, 0.25) is 0 Å². The molecule has 0 aromatic rings. The van der Waals surface area contributed by atoms with Gasteiger partial charge in [0, 0.05) is 17.9 Å². The van der Waals surface area contributed by atoms with E-state index in [0.717, 1.165) is 31.1 Å². The van der Waals surface area contributed by atoms with Crippen molar-refractivity contribution in [2.24, 2.45) is 0 Å². The summed E-state index contributed by atoms with van der Waals surface area (Å²) in [6.07, 6.45) is 4.31. The van der Waals surface area contributed by atoms with Crippen LogP contribution in [0, 0.1) is 0 Å². The van der Waals surface area contributed by atoms with E-state index in [-0.39, 0.29) is 6.09 Å². The van der Waals surface area contributed by atoms with Crippen LogP contribution in [0.5, 0.6) is 0 Å². The van der Waals surface area contributed by atoms with Crippen molar-refractivity contribution in [1.29, 1.82) is 0 Å². The number of hydrogen-bond donors (Lipinski definition) is 0. The van der Waals surface area contributed by atoms with Crippen molar-refractivity contribution in [2.45, 2.75) is 58.1 Å². The zero-order valence-electron chi connectivity index (χ0n) is 10.5. The fourth-order valence-corrected chi connectivity index (χ4v) is 1.92. The molecular formula is C12H22BrNO2. The Kier molecular flexibility index (Phi) is 5.09. The molecule has 0 radical (unpaired) electrons. The van der Waals surface area contributed by atoms with Crippen LogP contribution in [0.1, 0.15) is 46.5 Å². The minimum Gasteiger partial charge on any atom is -0.444 e. The molecule has 3 nitrogen and oxygen atoms in total.